The van der Waals surface area contributed by atoms with Crippen LogP contribution in [0.4, 0.5) is 0 Å². The summed E-state index contributed by atoms with van der Waals surface area (Å²) in [7, 11) is 0. The number of aromatic nitrogens is 1. The minimum Gasteiger partial charge on any atom is -0.475 e. The van der Waals surface area contributed by atoms with Crippen molar-refractivity contribution in [3.8, 4) is 5.88 Å². The number of ether oxygens (including phenoxy) is 1. The van der Waals surface area contributed by atoms with Gasteiger partial charge in [-0.1, -0.05) is 36.4 Å². The summed E-state index contributed by atoms with van der Waals surface area (Å²) in [6.07, 6.45) is 2.91. The van der Waals surface area contributed by atoms with Gasteiger partial charge in [-0.05, 0) is 38.3 Å². The van der Waals surface area contributed by atoms with Gasteiger partial charge >= 0.3 is 0 Å². The maximum absolute atomic E-state index is 5.56. The smallest absolute Gasteiger partial charge is 0.213 e. The first-order chi connectivity index (χ1) is 12.2. The lowest BCUT2D eigenvalue weighted by Gasteiger charge is -2.11. The third kappa shape index (κ3) is 8.51. The summed E-state index contributed by atoms with van der Waals surface area (Å²) in [4.78, 5) is 8.93. The van der Waals surface area contributed by atoms with Gasteiger partial charge in [-0.25, -0.2) is 9.98 Å². The molecule has 2 rings (SSSR count). The highest BCUT2D eigenvalue weighted by Gasteiger charge is 2.01. The van der Waals surface area contributed by atoms with Gasteiger partial charge in [0.2, 0.25) is 5.88 Å². The van der Waals surface area contributed by atoms with Crippen LogP contribution in [0.25, 0.3) is 0 Å². The quantitative estimate of drug-likeness (QED) is 0.352. The number of benzene rings is 1. The number of nitrogens with one attached hydrogen (secondary N) is 2. The van der Waals surface area contributed by atoms with Crippen LogP contribution in [0.5, 0.6) is 5.88 Å². The van der Waals surface area contributed by atoms with Crippen molar-refractivity contribution in [1.82, 2.24) is 15.6 Å². The molecule has 2 N–H and O–H groups in total. The second-order valence-corrected chi connectivity index (χ2v) is 6.03. The minimum atomic E-state index is 0. The van der Waals surface area contributed by atoms with Gasteiger partial charge in [0, 0.05) is 25.4 Å². The highest BCUT2D eigenvalue weighted by Crippen LogP contribution is 2.10. The first-order valence-electron chi connectivity index (χ1n) is 8.85. The van der Waals surface area contributed by atoms with Crippen LogP contribution in [-0.4, -0.2) is 30.1 Å². The first-order valence-corrected chi connectivity index (χ1v) is 8.85. The predicted molar refractivity (Wildman–Crippen MR) is 118 cm³/mol. The molecule has 0 bridgehead atoms. The van der Waals surface area contributed by atoms with E-state index in [0.29, 0.717) is 12.4 Å². The SMILES string of the molecule is CCNC(=NCc1ccc(OC(C)C)nc1)NCCc1ccccc1.I. The Morgan fingerprint density at radius 3 is 2.46 bits per heavy atom. The van der Waals surface area contributed by atoms with Gasteiger partial charge in [0.15, 0.2) is 5.96 Å². The molecule has 0 aliphatic rings. The summed E-state index contributed by atoms with van der Waals surface area (Å²) in [6.45, 7) is 8.29. The van der Waals surface area contributed by atoms with Crippen molar-refractivity contribution in [1.29, 1.82) is 0 Å². The number of nitrogens with zero attached hydrogens (tertiary/aromatic N) is 2. The Hall–Kier alpha value is -1.83. The number of rotatable bonds is 8. The summed E-state index contributed by atoms with van der Waals surface area (Å²) in [5.41, 5.74) is 2.37. The third-order valence-electron chi connectivity index (χ3n) is 3.47. The molecule has 2 aromatic rings. The molecular weight excluding hydrogens is 439 g/mol. The largest absolute Gasteiger partial charge is 0.475 e. The van der Waals surface area contributed by atoms with E-state index >= 15 is 0 Å². The maximum Gasteiger partial charge on any atom is 0.213 e. The Morgan fingerprint density at radius 2 is 1.85 bits per heavy atom. The monoisotopic (exact) mass is 468 g/mol. The van der Waals surface area contributed by atoms with Gasteiger partial charge in [-0.15, -0.1) is 24.0 Å². The Morgan fingerprint density at radius 1 is 1.08 bits per heavy atom. The summed E-state index contributed by atoms with van der Waals surface area (Å²) in [6, 6.07) is 14.3. The van der Waals surface area contributed by atoms with Crippen LogP contribution < -0.4 is 15.4 Å². The summed E-state index contributed by atoms with van der Waals surface area (Å²) >= 11 is 0. The predicted octanol–water partition coefficient (Wildman–Crippen LogP) is 3.78. The molecular formula is C20H29IN4O. The minimum absolute atomic E-state index is 0. The molecule has 26 heavy (non-hydrogen) atoms. The number of halogens is 1. The Kier molecular flexibility index (Phi) is 10.7. The molecule has 0 saturated carbocycles. The fraction of sp³-hybridized carbons (Fsp3) is 0.400. The lowest BCUT2D eigenvalue weighted by atomic mass is 10.1. The molecule has 0 spiro atoms. The van der Waals surface area contributed by atoms with Crippen molar-refractivity contribution in [2.75, 3.05) is 13.1 Å². The zero-order chi connectivity index (χ0) is 17.9. The van der Waals surface area contributed by atoms with Crippen LogP contribution in [0.2, 0.25) is 0 Å². The first kappa shape index (κ1) is 22.2. The van der Waals surface area contributed by atoms with E-state index in [9.17, 15) is 0 Å². The highest BCUT2D eigenvalue weighted by atomic mass is 127. The van der Waals surface area contributed by atoms with Gasteiger partial charge in [0.25, 0.3) is 0 Å². The fourth-order valence-electron chi connectivity index (χ4n) is 2.30. The number of pyridine rings is 1. The van der Waals surface area contributed by atoms with Crippen molar-refractivity contribution in [3.05, 3.63) is 59.8 Å². The average molecular weight is 468 g/mol. The molecule has 0 unspecified atom stereocenters. The molecule has 0 amide bonds. The molecule has 0 atom stereocenters. The van der Waals surface area contributed by atoms with E-state index < -0.39 is 0 Å². The van der Waals surface area contributed by atoms with Crippen LogP contribution >= 0.6 is 24.0 Å². The van der Waals surface area contributed by atoms with E-state index in [-0.39, 0.29) is 30.1 Å². The normalized spacial score (nSPS) is 11.0. The molecule has 0 aliphatic carbocycles. The number of hydrogen-bond donors (Lipinski definition) is 2. The second-order valence-electron chi connectivity index (χ2n) is 6.03. The molecule has 1 aromatic heterocycles. The average Bonchev–Trinajstić information content (AvgIpc) is 2.61. The lowest BCUT2D eigenvalue weighted by Crippen LogP contribution is -2.38. The van der Waals surface area contributed by atoms with E-state index in [1.807, 2.05) is 38.2 Å². The molecule has 0 radical (unpaired) electrons. The van der Waals surface area contributed by atoms with Crippen molar-refractivity contribution < 1.29 is 4.74 Å². The zero-order valence-electron chi connectivity index (χ0n) is 15.7. The highest BCUT2D eigenvalue weighted by molar-refractivity contribution is 14.0. The molecule has 0 saturated heterocycles. The van der Waals surface area contributed by atoms with Crippen LogP contribution in [-0.2, 0) is 13.0 Å². The molecule has 0 aliphatic heterocycles. The third-order valence-corrected chi connectivity index (χ3v) is 3.47. The van der Waals surface area contributed by atoms with Gasteiger partial charge < -0.3 is 15.4 Å². The van der Waals surface area contributed by atoms with Gasteiger partial charge in [0.1, 0.15) is 0 Å². The van der Waals surface area contributed by atoms with E-state index in [4.69, 9.17) is 4.74 Å². The second kappa shape index (κ2) is 12.5. The van der Waals surface area contributed by atoms with Crippen LogP contribution in [0, 0.1) is 0 Å². The van der Waals surface area contributed by atoms with Gasteiger partial charge in [-0.2, -0.15) is 0 Å². The van der Waals surface area contributed by atoms with Gasteiger partial charge in [-0.3, -0.25) is 0 Å². The summed E-state index contributed by atoms with van der Waals surface area (Å²) < 4.78 is 5.56. The molecule has 5 nitrogen and oxygen atoms in total. The molecule has 142 valence electrons. The molecule has 6 heteroatoms. The van der Waals surface area contributed by atoms with Gasteiger partial charge in [0.05, 0.1) is 12.6 Å². The topological polar surface area (TPSA) is 58.5 Å². The Labute approximate surface area is 173 Å². The Bertz CT molecular complexity index is 645. The van der Waals surface area contributed by atoms with E-state index in [1.165, 1.54) is 5.56 Å². The maximum atomic E-state index is 5.56. The van der Waals surface area contributed by atoms with Crippen LogP contribution in [0.15, 0.2) is 53.7 Å². The number of aliphatic imine (C=N–C) groups is 1. The standard InChI is InChI=1S/C20H28N4O.HI/c1-4-21-20(22-13-12-17-8-6-5-7-9-17)24-15-18-10-11-19(23-14-18)25-16(2)3;/h5-11,14,16H,4,12-13,15H2,1-3H3,(H2,21,22,24);1H. The van der Waals surface area contributed by atoms with Crippen molar-refractivity contribution in [2.45, 2.75) is 39.8 Å². The fourth-order valence-corrected chi connectivity index (χ4v) is 2.30. The van der Waals surface area contributed by atoms with Crippen molar-refractivity contribution in [3.63, 3.8) is 0 Å². The number of guanidine groups is 1. The van der Waals surface area contributed by atoms with Crippen LogP contribution in [0.3, 0.4) is 0 Å². The molecule has 1 aromatic carbocycles. The number of hydrogen-bond acceptors (Lipinski definition) is 3. The Balaban J connectivity index is 0.00000338. The zero-order valence-corrected chi connectivity index (χ0v) is 18.1. The summed E-state index contributed by atoms with van der Waals surface area (Å²) in [5, 5.41) is 6.64. The van der Waals surface area contributed by atoms with Crippen molar-refractivity contribution >= 4 is 29.9 Å². The van der Waals surface area contributed by atoms with E-state index in [0.717, 1.165) is 31.0 Å². The molecule has 0 fully saturated rings. The summed E-state index contributed by atoms with van der Waals surface area (Å²) in [5.74, 6) is 1.47. The van der Waals surface area contributed by atoms with E-state index in [1.54, 1.807) is 0 Å². The molecule has 1 heterocycles. The van der Waals surface area contributed by atoms with E-state index in [2.05, 4.69) is 51.8 Å². The lowest BCUT2D eigenvalue weighted by molar-refractivity contribution is 0.232. The van der Waals surface area contributed by atoms with Crippen LogP contribution in [0.1, 0.15) is 31.9 Å². The van der Waals surface area contributed by atoms with Crippen molar-refractivity contribution in [2.24, 2.45) is 4.99 Å².